The predicted molar refractivity (Wildman–Crippen MR) is 67.6 cm³/mol. The summed E-state index contributed by atoms with van der Waals surface area (Å²) >= 11 is 0. The zero-order chi connectivity index (χ0) is 12.3. The van der Waals surface area contributed by atoms with Crippen LogP contribution in [-0.4, -0.2) is 24.6 Å². The minimum atomic E-state index is -0.611. The van der Waals surface area contributed by atoms with Crippen molar-refractivity contribution in [2.24, 2.45) is 0 Å². The van der Waals surface area contributed by atoms with E-state index in [1.54, 1.807) is 0 Å². The maximum atomic E-state index is 9.16. The minimum absolute atomic E-state index is 0.601. The standard InChI is InChI=1S/C14H22O3/c1-2-14(15)17-11-7-6-10-16-12-13-8-4-3-5-9-13/h3-5,8-9,14-15H,2,6-7,10-12H2,1H3. The molecule has 1 atom stereocenters. The SMILES string of the molecule is CCC(O)OCCCCOCc1ccccc1. The van der Waals surface area contributed by atoms with Gasteiger partial charge in [-0.3, -0.25) is 0 Å². The molecule has 0 bridgehead atoms. The molecular weight excluding hydrogens is 216 g/mol. The fraction of sp³-hybridized carbons (Fsp3) is 0.571. The maximum Gasteiger partial charge on any atom is 0.154 e. The summed E-state index contributed by atoms with van der Waals surface area (Å²) in [6.07, 6.45) is 1.92. The van der Waals surface area contributed by atoms with Crippen molar-refractivity contribution in [3.05, 3.63) is 35.9 Å². The summed E-state index contributed by atoms with van der Waals surface area (Å²) in [6, 6.07) is 10.1. The molecular formula is C14H22O3. The Balaban J connectivity index is 1.91. The van der Waals surface area contributed by atoms with Crippen LogP contribution in [0.3, 0.4) is 0 Å². The van der Waals surface area contributed by atoms with Crippen molar-refractivity contribution in [2.45, 2.75) is 39.1 Å². The van der Waals surface area contributed by atoms with Gasteiger partial charge in [0, 0.05) is 13.2 Å². The highest BCUT2D eigenvalue weighted by molar-refractivity contribution is 5.13. The summed E-state index contributed by atoms with van der Waals surface area (Å²) in [7, 11) is 0. The van der Waals surface area contributed by atoms with Crippen LogP contribution in [0.2, 0.25) is 0 Å². The molecule has 1 aromatic carbocycles. The number of rotatable bonds is 9. The Bertz CT molecular complexity index is 274. The van der Waals surface area contributed by atoms with Gasteiger partial charge in [-0.05, 0) is 24.8 Å². The fourth-order valence-electron chi connectivity index (χ4n) is 1.41. The molecule has 1 aromatic rings. The molecule has 0 spiro atoms. The van der Waals surface area contributed by atoms with Crippen LogP contribution < -0.4 is 0 Å². The van der Waals surface area contributed by atoms with Gasteiger partial charge in [0.15, 0.2) is 6.29 Å². The van der Waals surface area contributed by atoms with Crippen molar-refractivity contribution in [3.8, 4) is 0 Å². The van der Waals surface area contributed by atoms with E-state index in [0.29, 0.717) is 19.6 Å². The zero-order valence-corrected chi connectivity index (χ0v) is 10.5. The van der Waals surface area contributed by atoms with Gasteiger partial charge >= 0.3 is 0 Å². The van der Waals surface area contributed by atoms with Crippen molar-refractivity contribution in [3.63, 3.8) is 0 Å². The van der Waals surface area contributed by atoms with E-state index in [1.807, 2.05) is 25.1 Å². The summed E-state index contributed by atoms with van der Waals surface area (Å²) in [5, 5.41) is 9.16. The van der Waals surface area contributed by atoms with Crippen molar-refractivity contribution >= 4 is 0 Å². The van der Waals surface area contributed by atoms with Crippen LogP contribution in [0.5, 0.6) is 0 Å². The molecule has 0 aliphatic heterocycles. The maximum absolute atomic E-state index is 9.16. The van der Waals surface area contributed by atoms with Gasteiger partial charge in [0.25, 0.3) is 0 Å². The van der Waals surface area contributed by atoms with E-state index in [9.17, 15) is 0 Å². The third kappa shape index (κ3) is 7.10. The van der Waals surface area contributed by atoms with Crippen LogP contribution in [0.1, 0.15) is 31.7 Å². The first-order valence-electron chi connectivity index (χ1n) is 6.24. The van der Waals surface area contributed by atoms with Crippen LogP contribution in [0.25, 0.3) is 0 Å². The quantitative estimate of drug-likeness (QED) is 0.531. The Morgan fingerprint density at radius 1 is 1.12 bits per heavy atom. The monoisotopic (exact) mass is 238 g/mol. The molecule has 0 saturated heterocycles. The Hall–Kier alpha value is -0.900. The van der Waals surface area contributed by atoms with Gasteiger partial charge in [-0.25, -0.2) is 0 Å². The van der Waals surface area contributed by atoms with Gasteiger partial charge < -0.3 is 14.6 Å². The largest absolute Gasteiger partial charge is 0.377 e. The minimum Gasteiger partial charge on any atom is -0.377 e. The highest BCUT2D eigenvalue weighted by Gasteiger charge is 1.98. The van der Waals surface area contributed by atoms with Gasteiger partial charge in [-0.15, -0.1) is 0 Å². The number of hydrogen-bond donors (Lipinski definition) is 1. The van der Waals surface area contributed by atoms with E-state index in [1.165, 1.54) is 5.56 Å². The van der Waals surface area contributed by atoms with E-state index < -0.39 is 6.29 Å². The second-order valence-electron chi connectivity index (χ2n) is 3.98. The molecule has 0 aliphatic rings. The van der Waals surface area contributed by atoms with Crippen LogP contribution >= 0.6 is 0 Å². The molecule has 96 valence electrons. The normalized spacial score (nSPS) is 12.6. The Morgan fingerprint density at radius 2 is 1.82 bits per heavy atom. The third-order valence-corrected chi connectivity index (χ3v) is 2.45. The van der Waals surface area contributed by atoms with Crippen LogP contribution in [-0.2, 0) is 16.1 Å². The lowest BCUT2D eigenvalue weighted by Crippen LogP contribution is -2.11. The first kappa shape index (κ1) is 14.2. The fourth-order valence-corrected chi connectivity index (χ4v) is 1.41. The average Bonchev–Trinajstić information content (AvgIpc) is 2.38. The lowest BCUT2D eigenvalue weighted by atomic mass is 10.2. The number of aliphatic hydroxyl groups excluding tert-OH is 1. The Kier molecular flexibility index (Phi) is 7.63. The third-order valence-electron chi connectivity index (χ3n) is 2.45. The number of aliphatic hydroxyl groups is 1. The van der Waals surface area contributed by atoms with Gasteiger partial charge in [0.2, 0.25) is 0 Å². The number of hydrogen-bond acceptors (Lipinski definition) is 3. The molecule has 0 saturated carbocycles. The van der Waals surface area contributed by atoms with Crippen molar-refractivity contribution in [2.75, 3.05) is 13.2 Å². The lowest BCUT2D eigenvalue weighted by Gasteiger charge is -2.09. The van der Waals surface area contributed by atoms with Gasteiger partial charge in [-0.1, -0.05) is 37.3 Å². The second-order valence-corrected chi connectivity index (χ2v) is 3.98. The summed E-state index contributed by atoms with van der Waals surface area (Å²) in [5.74, 6) is 0. The Labute approximate surface area is 103 Å². The highest BCUT2D eigenvalue weighted by Crippen LogP contribution is 2.02. The predicted octanol–water partition coefficient (Wildman–Crippen LogP) is 2.73. The summed E-state index contributed by atoms with van der Waals surface area (Å²) in [6.45, 7) is 3.90. The van der Waals surface area contributed by atoms with Crippen LogP contribution in [0.4, 0.5) is 0 Å². The van der Waals surface area contributed by atoms with E-state index in [0.717, 1.165) is 19.4 Å². The number of benzene rings is 1. The molecule has 1 N–H and O–H groups in total. The van der Waals surface area contributed by atoms with Crippen molar-refractivity contribution in [1.82, 2.24) is 0 Å². The molecule has 3 heteroatoms. The molecule has 0 aliphatic carbocycles. The lowest BCUT2D eigenvalue weighted by molar-refractivity contribution is -0.101. The molecule has 0 radical (unpaired) electrons. The van der Waals surface area contributed by atoms with E-state index in [4.69, 9.17) is 14.6 Å². The summed E-state index contributed by atoms with van der Waals surface area (Å²) in [5.41, 5.74) is 1.20. The molecule has 0 amide bonds. The zero-order valence-electron chi connectivity index (χ0n) is 10.5. The number of unbranched alkanes of at least 4 members (excludes halogenated alkanes) is 1. The first-order valence-corrected chi connectivity index (χ1v) is 6.24. The van der Waals surface area contributed by atoms with Crippen LogP contribution in [0.15, 0.2) is 30.3 Å². The Morgan fingerprint density at radius 3 is 2.53 bits per heavy atom. The van der Waals surface area contributed by atoms with Crippen molar-refractivity contribution < 1.29 is 14.6 Å². The second kappa shape index (κ2) is 9.16. The molecule has 17 heavy (non-hydrogen) atoms. The molecule has 3 nitrogen and oxygen atoms in total. The summed E-state index contributed by atoms with van der Waals surface area (Å²) < 4.78 is 10.7. The highest BCUT2D eigenvalue weighted by atomic mass is 16.6. The molecule has 1 unspecified atom stereocenters. The molecule has 0 heterocycles. The molecule has 1 rings (SSSR count). The van der Waals surface area contributed by atoms with Gasteiger partial charge in [-0.2, -0.15) is 0 Å². The van der Waals surface area contributed by atoms with E-state index in [-0.39, 0.29) is 0 Å². The topological polar surface area (TPSA) is 38.7 Å². The van der Waals surface area contributed by atoms with Gasteiger partial charge in [0.05, 0.1) is 6.61 Å². The summed E-state index contributed by atoms with van der Waals surface area (Å²) in [4.78, 5) is 0. The molecule has 0 aromatic heterocycles. The smallest absolute Gasteiger partial charge is 0.154 e. The molecule has 0 fully saturated rings. The van der Waals surface area contributed by atoms with E-state index in [2.05, 4.69) is 12.1 Å². The van der Waals surface area contributed by atoms with Crippen LogP contribution in [0, 0.1) is 0 Å². The van der Waals surface area contributed by atoms with Gasteiger partial charge in [0.1, 0.15) is 0 Å². The average molecular weight is 238 g/mol. The van der Waals surface area contributed by atoms with Crippen molar-refractivity contribution in [1.29, 1.82) is 0 Å². The number of ether oxygens (including phenoxy) is 2. The van der Waals surface area contributed by atoms with E-state index >= 15 is 0 Å². The first-order chi connectivity index (χ1) is 8.33.